The zero-order valence-electron chi connectivity index (χ0n) is 8.09. The van der Waals surface area contributed by atoms with Crippen LogP contribution in [0.1, 0.15) is 24.5 Å². The number of hydrogen-bond acceptors (Lipinski definition) is 3. The summed E-state index contributed by atoms with van der Waals surface area (Å²) in [5.74, 6) is 0.313. The van der Waals surface area contributed by atoms with Crippen molar-refractivity contribution in [3.8, 4) is 0 Å². The highest BCUT2D eigenvalue weighted by Crippen LogP contribution is 2.32. The standard InChI is InChI=1S/C9H13BN2O2/c1-12-5-9(11-6-12)7-2-3-8(4-7)10(13)14/h3,5-7,13-14H,2,4H2,1H3. The largest absolute Gasteiger partial charge is 0.483 e. The quantitative estimate of drug-likeness (QED) is 0.659. The molecule has 1 aliphatic carbocycles. The van der Waals surface area contributed by atoms with E-state index in [1.54, 1.807) is 6.33 Å². The highest BCUT2D eigenvalue weighted by molar-refractivity contribution is 6.50. The van der Waals surface area contributed by atoms with E-state index in [0.717, 1.165) is 12.1 Å². The van der Waals surface area contributed by atoms with Gasteiger partial charge >= 0.3 is 7.12 Å². The minimum atomic E-state index is -1.30. The Morgan fingerprint density at radius 3 is 2.86 bits per heavy atom. The Kier molecular flexibility index (Phi) is 2.43. The van der Waals surface area contributed by atoms with Crippen molar-refractivity contribution in [2.75, 3.05) is 0 Å². The van der Waals surface area contributed by atoms with Crippen molar-refractivity contribution in [2.45, 2.75) is 18.8 Å². The number of aryl methyl sites for hydroxylation is 1. The van der Waals surface area contributed by atoms with Gasteiger partial charge in [-0.2, -0.15) is 0 Å². The van der Waals surface area contributed by atoms with Crippen molar-refractivity contribution < 1.29 is 10.0 Å². The van der Waals surface area contributed by atoms with E-state index in [4.69, 9.17) is 10.0 Å². The third-order valence-corrected chi connectivity index (χ3v) is 2.62. The number of aromatic nitrogens is 2. The minimum Gasteiger partial charge on any atom is -0.423 e. The highest BCUT2D eigenvalue weighted by Gasteiger charge is 2.26. The minimum absolute atomic E-state index is 0.313. The average molecular weight is 192 g/mol. The third-order valence-electron chi connectivity index (χ3n) is 2.62. The molecule has 1 aromatic heterocycles. The van der Waals surface area contributed by atoms with E-state index in [9.17, 15) is 0 Å². The summed E-state index contributed by atoms with van der Waals surface area (Å²) in [5.41, 5.74) is 1.74. The van der Waals surface area contributed by atoms with Crippen molar-refractivity contribution in [1.82, 2.24) is 9.55 Å². The SMILES string of the molecule is Cn1cnc(C2CC=C(B(O)O)C2)c1. The Morgan fingerprint density at radius 2 is 2.36 bits per heavy atom. The molecule has 1 heterocycles. The van der Waals surface area contributed by atoms with E-state index >= 15 is 0 Å². The summed E-state index contributed by atoms with van der Waals surface area (Å²) in [4.78, 5) is 4.26. The summed E-state index contributed by atoms with van der Waals surface area (Å²) in [7, 11) is 0.629. The molecule has 0 aliphatic heterocycles. The average Bonchev–Trinajstić information content (AvgIpc) is 2.70. The van der Waals surface area contributed by atoms with E-state index in [0.29, 0.717) is 17.8 Å². The molecule has 0 fully saturated rings. The molecule has 1 aromatic rings. The van der Waals surface area contributed by atoms with E-state index in [1.165, 1.54) is 0 Å². The predicted molar refractivity (Wildman–Crippen MR) is 53.5 cm³/mol. The topological polar surface area (TPSA) is 58.3 Å². The first-order chi connectivity index (χ1) is 6.66. The van der Waals surface area contributed by atoms with Crippen LogP contribution in [-0.2, 0) is 7.05 Å². The molecule has 74 valence electrons. The van der Waals surface area contributed by atoms with Crippen molar-refractivity contribution in [2.24, 2.45) is 7.05 Å². The smallest absolute Gasteiger partial charge is 0.423 e. The second-order valence-electron chi connectivity index (χ2n) is 3.75. The molecule has 0 bridgehead atoms. The molecule has 0 radical (unpaired) electrons. The summed E-state index contributed by atoms with van der Waals surface area (Å²) in [5, 5.41) is 18.0. The first-order valence-electron chi connectivity index (χ1n) is 4.69. The molecule has 0 spiro atoms. The molecule has 1 unspecified atom stereocenters. The fourth-order valence-corrected chi connectivity index (χ4v) is 1.82. The number of nitrogens with zero attached hydrogens (tertiary/aromatic N) is 2. The summed E-state index contributed by atoms with van der Waals surface area (Å²) in [6.07, 6.45) is 7.19. The maximum atomic E-state index is 8.98. The fourth-order valence-electron chi connectivity index (χ4n) is 1.82. The van der Waals surface area contributed by atoms with Crippen LogP contribution < -0.4 is 0 Å². The molecule has 0 saturated carbocycles. The van der Waals surface area contributed by atoms with Crippen LogP contribution in [0.25, 0.3) is 0 Å². The van der Waals surface area contributed by atoms with Gasteiger partial charge in [0.25, 0.3) is 0 Å². The lowest BCUT2D eigenvalue weighted by molar-refractivity contribution is 0.416. The zero-order valence-corrected chi connectivity index (χ0v) is 8.09. The van der Waals surface area contributed by atoms with E-state index in [-0.39, 0.29) is 0 Å². The normalized spacial score (nSPS) is 21.1. The van der Waals surface area contributed by atoms with Gasteiger partial charge < -0.3 is 14.6 Å². The molecule has 1 atom stereocenters. The van der Waals surface area contributed by atoms with Crippen LogP contribution in [0.5, 0.6) is 0 Å². The zero-order chi connectivity index (χ0) is 10.1. The van der Waals surface area contributed by atoms with Crippen molar-refractivity contribution in [3.05, 3.63) is 29.8 Å². The summed E-state index contributed by atoms with van der Waals surface area (Å²) in [6, 6.07) is 0. The molecular weight excluding hydrogens is 179 g/mol. The maximum absolute atomic E-state index is 8.98. The second-order valence-corrected chi connectivity index (χ2v) is 3.75. The molecular formula is C9H13BN2O2. The van der Waals surface area contributed by atoms with Crippen LogP contribution in [0.15, 0.2) is 24.1 Å². The van der Waals surface area contributed by atoms with Gasteiger partial charge in [-0.1, -0.05) is 6.08 Å². The number of imidazole rings is 1. The van der Waals surface area contributed by atoms with Gasteiger partial charge in [0.2, 0.25) is 0 Å². The van der Waals surface area contributed by atoms with Gasteiger partial charge in [0.05, 0.1) is 12.0 Å². The molecule has 0 aromatic carbocycles. The van der Waals surface area contributed by atoms with E-state index in [1.807, 2.05) is 23.9 Å². The molecule has 4 nitrogen and oxygen atoms in total. The Bertz CT molecular complexity index is 359. The summed E-state index contributed by atoms with van der Waals surface area (Å²) < 4.78 is 1.91. The van der Waals surface area contributed by atoms with Gasteiger partial charge in [-0.3, -0.25) is 0 Å². The van der Waals surface area contributed by atoms with Crippen molar-refractivity contribution in [3.63, 3.8) is 0 Å². The van der Waals surface area contributed by atoms with Gasteiger partial charge in [0, 0.05) is 19.2 Å². The lowest BCUT2D eigenvalue weighted by atomic mass is 9.78. The van der Waals surface area contributed by atoms with Crippen LogP contribution in [-0.4, -0.2) is 26.7 Å². The number of rotatable bonds is 2. The Hall–Kier alpha value is -1.07. The van der Waals surface area contributed by atoms with Crippen molar-refractivity contribution >= 4 is 7.12 Å². The Labute approximate surface area is 83.0 Å². The Balaban J connectivity index is 2.05. The van der Waals surface area contributed by atoms with Crippen molar-refractivity contribution in [1.29, 1.82) is 0 Å². The van der Waals surface area contributed by atoms with E-state index in [2.05, 4.69) is 4.98 Å². The van der Waals surface area contributed by atoms with Crippen LogP contribution in [0, 0.1) is 0 Å². The lowest BCUT2D eigenvalue weighted by Crippen LogP contribution is -2.14. The molecule has 5 heteroatoms. The van der Waals surface area contributed by atoms with Gasteiger partial charge in [-0.25, -0.2) is 4.98 Å². The summed E-state index contributed by atoms with van der Waals surface area (Å²) >= 11 is 0. The molecule has 14 heavy (non-hydrogen) atoms. The molecule has 1 aliphatic rings. The third kappa shape index (κ3) is 1.74. The maximum Gasteiger partial charge on any atom is 0.483 e. The fraction of sp³-hybridized carbons (Fsp3) is 0.444. The number of allylic oxidation sites excluding steroid dienone is 2. The molecule has 0 amide bonds. The lowest BCUT2D eigenvalue weighted by Gasteiger charge is -2.06. The first-order valence-corrected chi connectivity index (χ1v) is 4.69. The van der Waals surface area contributed by atoms with Gasteiger partial charge in [0.1, 0.15) is 0 Å². The van der Waals surface area contributed by atoms with Gasteiger partial charge in [0.15, 0.2) is 0 Å². The van der Waals surface area contributed by atoms with Gasteiger partial charge in [-0.15, -0.1) is 0 Å². The predicted octanol–water partition coefficient (Wildman–Crippen LogP) is 0.236. The van der Waals surface area contributed by atoms with Crippen LogP contribution in [0.3, 0.4) is 0 Å². The molecule has 2 rings (SSSR count). The Morgan fingerprint density at radius 1 is 1.57 bits per heavy atom. The first kappa shape index (κ1) is 9.49. The van der Waals surface area contributed by atoms with E-state index < -0.39 is 7.12 Å². The monoisotopic (exact) mass is 192 g/mol. The summed E-state index contributed by atoms with van der Waals surface area (Å²) in [6.45, 7) is 0. The van der Waals surface area contributed by atoms with Crippen LogP contribution in [0.2, 0.25) is 0 Å². The molecule has 0 saturated heterocycles. The van der Waals surface area contributed by atoms with Crippen LogP contribution >= 0.6 is 0 Å². The number of hydrogen-bond donors (Lipinski definition) is 2. The highest BCUT2D eigenvalue weighted by atomic mass is 16.4. The van der Waals surface area contributed by atoms with Gasteiger partial charge in [-0.05, 0) is 18.3 Å². The second kappa shape index (κ2) is 3.59. The molecule has 2 N–H and O–H groups in total. The van der Waals surface area contributed by atoms with Crippen LogP contribution in [0.4, 0.5) is 0 Å².